The lowest BCUT2D eigenvalue weighted by atomic mass is 10.1. The summed E-state index contributed by atoms with van der Waals surface area (Å²) >= 11 is 0. The summed E-state index contributed by atoms with van der Waals surface area (Å²) in [7, 11) is -3.54. The zero-order valence-electron chi connectivity index (χ0n) is 18.4. The third-order valence-electron chi connectivity index (χ3n) is 6.06. The monoisotopic (exact) mass is 458 g/mol. The van der Waals surface area contributed by atoms with Gasteiger partial charge in [-0.2, -0.15) is 4.31 Å². The second kappa shape index (κ2) is 9.97. The molecule has 1 atom stereocenters. The molecule has 0 bridgehead atoms. The summed E-state index contributed by atoms with van der Waals surface area (Å²) < 4.78 is 32.8. The van der Waals surface area contributed by atoms with Crippen molar-refractivity contribution in [2.24, 2.45) is 0 Å². The van der Waals surface area contributed by atoms with Gasteiger partial charge in [0.1, 0.15) is 5.82 Å². The van der Waals surface area contributed by atoms with Gasteiger partial charge in [-0.3, -0.25) is 4.79 Å². The maximum Gasteiger partial charge on any atom is 0.251 e. The molecule has 172 valence electrons. The van der Waals surface area contributed by atoms with Crippen LogP contribution in [0.1, 0.15) is 42.1 Å². The molecular formula is C23H30N4O4S. The topological polar surface area (TPSA) is 91.8 Å². The van der Waals surface area contributed by atoms with Gasteiger partial charge in [0.05, 0.1) is 18.1 Å². The minimum Gasteiger partial charge on any atom is -0.378 e. The van der Waals surface area contributed by atoms with Crippen LogP contribution in [0.4, 0.5) is 5.82 Å². The fourth-order valence-electron chi connectivity index (χ4n) is 4.13. The number of anilines is 1. The smallest absolute Gasteiger partial charge is 0.251 e. The molecule has 32 heavy (non-hydrogen) atoms. The van der Waals surface area contributed by atoms with Gasteiger partial charge in [0.25, 0.3) is 5.91 Å². The van der Waals surface area contributed by atoms with Crippen LogP contribution in [0.3, 0.4) is 0 Å². The molecule has 2 aliphatic rings. The molecule has 2 aromatic rings. The molecule has 9 heteroatoms. The molecule has 0 spiro atoms. The van der Waals surface area contributed by atoms with E-state index in [-0.39, 0.29) is 16.8 Å². The zero-order chi connectivity index (χ0) is 22.6. The van der Waals surface area contributed by atoms with Gasteiger partial charge in [0, 0.05) is 44.0 Å². The van der Waals surface area contributed by atoms with Crippen LogP contribution in [0.5, 0.6) is 0 Å². The van der Waals surface area contributed by atoms with Crippen molar-refractivity contribution in [1.82, 2.24) is 14.6 Å². The Balaban J connectivity index is 1.35. The second-order valence-electron chi connectivity index (χ2n) is 8.29. The number of rotatable bonds is 6. The molecule has 2 aliphatic heterocycles. The molecule has 0 radical (unpaired) electrons. The molecule has 2 fully saturated rings. The highest BCUT2D eigenvalue weighted by atomic mass is 32.2. The second-order valence-corrected chi connectivity index (χ2v) is 10.2. The van der Waals surface area contributed by atoms with Gasteiger partial charge in [-0.05, 0) is 55.7 Å². The van der Waals surface area contributed by atoms with Gasteiger partial charge in [-0.15, -0.1) is 0 Å². The molecule has 0 aliphatic carbocycles. The third kappa shape index (κ3) is 5.11. The number of nitrogens with one attached hydrogen (secondary N) is 1. The van der Waals surface area contributed by atoms with Crippen LogP contribution >= 0.6 is 0 Å². The van der Waals surface area contributed by atoms with Crippen molar-refractivity contribution >= 4 is 21.7 Å². The standard InChI is InChI=1S/C23H30N4O4S/c1-18-4-2-3-11-27(18)32(29,30)21-8-6-20(7-9-21)23(28)25-17-19-5-10-22(24-16-19)26-12-14-31-15-13-26/h5-10,16,18H,2-4,11-15,17H2,1H3,(H,25,28). The fraction of sp³-hybridized carbons (Fsp3) is 0.478. The largest absolute Gasteiger partial charge is 0.378 e. The summed E-state index contributed by atoms with van der Waals surface area (Å²) in [6, 6.07) is 10.1. The van der Waals surface area contributed by atoms with Gasteiger partial charge in [-0.25, -0.2) is 13.4 Å². The molecule has 1 aromatic heterocycles. The maximum absolute atomic E-state index is 12.9. The van der Waals surface area contributed by atoms with Crippen LogP contribution in [0, 0.1) is 0 Å². The molecule has 1 aromatic carbocycles. The molecule has 1 unspecified atom stereocenters. The minimum absolute atomic E-state index is 0.0000281. The first-order valence-corrected chi connectivity index (χ1v) is 12.6. The summed E-state index contributed by atoms with van der Waals surface area (Å²) in [6.07, 6.45) is 4.58. The number of piperidine rings is 1. The summed E-state index contributed by atoms with van der Waals surface area (Å²) in [6.45, 7) is 5.90. The number of carbonyl (C=O) groups is 1. The Morgan fingerprint density at radius 3 is 2.50 bits per heavy atom. The molecule has 8 nitrogen and oxygen atoms in total. The zero-order valence-corrected chi connectivity index (χ0v) is 19.2. The Kier molecular flexibility index (Phi) is 7.07. The number of nitrogens with zero attached hydrogens (tertiary/aromatic N) is 3. The average molecular weight is 459 g/mol. The van der Waals surface area contributed by atoms with Gasteiger partial charge >= 0.3 is 0 Å². The average Bonchev–Trinajstić information content (AvgIpc) is 2.83. The summed E-state index contributed by atoms with van der Waals surface area (Å²) in [5, 5.41) is 2.87. The van der Waals surface area contributed by atoms with Crippen molar-refractivity contribution in [2.45, 2.75) is 43.7 Å². The predicted molar refractivity (Wildman–Crippen MR) is 122 cm³/mol. The molecular weight excluding hydrogens is 428 g/mol. The van der Waals surface area contributed by atoms with Crippen LogP contribution in [0.15, 0.2) is 47.5 Å². The van der Waals surface area contributed by atoms with E-state index in [4.69, 9.17) is 4.74 Å². The van der Waals surface area contributed by atoms with Crippen LogP contribution in [0.2, 0.25) is 0 Å². The van der Waals surface area contributed by atoms with E-state index in [1.165, 1.54) is 12.1 Å². The Morgan fingerprint density at radius 1 is 1.09 bits per heavy atom. The number of hydrogen-bond acceptors (Lipinski definition) is 6. The van der Waals surface area contributed by atoms with Gasteiger partial charge in [0.15, 0.2) is 0 Å². The van der Waals surface area contributed by atoms with E-state index >= 15 is 0 Å². The lowest BCUT2D eigenvalue weighted by Gasteiger charge is -2.32. The number of carbonyl (C=O) groups excluding carboxylic acids is 1. The SMILES string of the molecule is CC1CCCCN1S(=O)(=O)c1ccc(C(=O)NCc2ccc(N3CCOCC3)nc2)cc1. The highest BCUT2D eigenvalue weighted by molar-refractivity contribution is 7.89. The van der Waals surface area contributed by atoms with Crippen molar-refractivity contribution in [2.75, 3.05) is 37.7 Å². The highest BCUT2D eigenvalue weighted by Gasteiger charge is 2.30. The van der Waals surface area contributed by atoms with Gasteiger partial charge in [-0.1, -0.05) is 12.5 Å². The number of ether oxygens (including phenoxy) is 1. The van der Waals surface area contributed by atoms with E-state index in [0.29, 0.717) is 31.9 Å². The Bertz CT molecular complexity index is 1020. The van der Waals surface area contributed by atoms with Crippen molar-refractivity contribution in [1.29, 1.82) is 0 Å². The molecule has 3 heterocycles. The van der Waals surface area contributed by atoms with Crippen molar-refractivity contribution < 1.29 is 17.9 Å². The predicted octanol–water partition coefficient (Wildman–Crippen LogP) is 2.41. The van der Waals surface area contributed by atoms with E-state index in [1.807, 2.05) is 19.1 Å². The number of aromatic nitrogens is 1. The Labute approximate surface area is 189 Å². The maximum atomic E-state index is 12.9. The van der Waals surface area contributed by atoms with Crippen molar-refractivity contribution in [3.8, 4) is 0 Å². The van der Waals surface area contributed by atoms with Gasteiger partial charge < -0.3 is 15.0 Å². The van der Waals surface area contributed by atoms with Gasteiger partial charge in [0.2, 0.25) is 10.0 Å². The van der Waals surface area contributed by atoms with E-state index in [0.717, 1.165) is 43.7 Å². The normalized spacial score (nSPS) is 20.2. The quantitative estimate of drug-likeness (QED) is 0.715. The summed E-state index contributed by atoms with van der Waals surface area (Å²) in [4.78, 5) is 19.4. The number of pyridine rings is 1. The number of amides is 1. The molecule has 2 saturated heterocycles. The lowest BCUT2D eigenvalue weighted by Crippen LogP contribution is -2.41. The molecule has 1 amide bonds. The van der Waals surface area contributed by atoms with Crippen molar-refractivity contribution in [3.05, 3.63) is 53.7 Å². The number of hydrogen-bond donors (Lipinski definition) is 1. The lowest BCUT2D eigenvalue weighted by molar-refractivity contribution is 0.0950. The summed E-state index contributed by atoms with van der Waals surface area (Å²) in [5.41, 5.74) is 1.32. The van der Waals surface area contributed by atoms with Crippen LogP contribution < -0.4 is 10.2 Å². The van der Waals surface area contributed by atoms with E-state index in [1.54, 1.807) is 22.6 Å². The molecule has 4 rings (SSSR count). The van der Waals surface area contributed by atoms with E-state index in [9.17, 15) is 13.2 Å². The van der Waals surface area contributed by atoms with Crippen LogP contribution in [-0.2, 0) is 21.3 Å². The first kappa shape index (κ1) is 22.7. The minimum atomic E-state index is -3.54. The van der Waals surface area contributed by atoms with Crippen molar-refractivity contribution in [3.63, 3.8) is 0 Å². The number of morpholine rings is 1. The van der Waals surface area contributed by atoms with Crippen LogP contribution in [0.25, 0.3) is 0 Å². The number of benzene rings is 1. The first-order valence-electron chi connectivity index (χ1n) is 11.1. The molecule has 1 N–H and O–H groups in total. The Morgan fingerprint density at radius 2 is 1.84 bits per heavy atom. The van der Waals surface area contributed by atoms with E-state index in [2.05, 4.69) is 15.2 Å². The third-order valence-corrected chi connectivity index (χ3v) is 8.09. The summed E-state index contributed by atoms with van der Waals surface area (Å²) in [5.74, 6) is 0.653. The van der Waals surface area contributed by atoms with E-state index < -0.39 is 10.0 Å². The first-order chi connectivity index (χ1) is 15.4. The fourth-order valence-corrected chi connectivity index (χ4v) is 5.83. The highest BCUT2D eigenvalue weighted by Crippen LogP contribution is 2.25. The number of sulfonamides is 1. The Hall–Kier alpha value is -2.49. The molecule has 0 saturated carbocycles. The van der Waals surface area contributed by atoms with Crippen LogP contribution in [-0.4, -0.2) is 62.5 Å².